The lowest BCUT2D eigenvalue weighted by molar-refractivity contribution is -0.136. The lowest BCUT2D eigenvalue weighted by Gasteiger charge is -2.30. The summed E-state index contributed by atoms with van der Waals surface area (Å²) >= 11 is 6.18. The van der Waals surface area contributed by atoms with Gasteiger partial charge in [0.15, 0.2) is 0 Å². The summed E-state index contributed by atoms with van der Waals surface area (Å²) in [6, 6.07) is 6.22. The quantitative estimate of drug-likeness (QED) is 0.860. The number of hydrogen-bond donors (Lipinski definition) is 1. The number of benzene rings is 1. The summed E-state index contributed by atoms with van der Waals surface area (Å²) in [6.07, 6.45) is 5.78. The van der Waals surface area contributed by atoms with Crippen molar-refractivity contribution in [2.75, 3.05) is 13.1 Å². The Bertz CT molecular complexity index is 916. The van der Waals surface area contributed by atoms with E-state index in [4.69, 9.17) is 11.6 Å². The zero-order valence-electron chi connectivity index (χ0n) is 15.3. The zero-order valence-corrected chi connectivity index (χ0v) is 16.1. The zero-order chi connectivity index (χ0) is 18.5. The van der Waals surface area contributed by atoms with Crippen molar-refractivity contribution in [2.45, 2.75) is 51.1 Å². The predicted octanol–water partition coefficient (Wildman–Crippen LogP) is 3.50. The second kappa shape index (κ2) is 6.55. The molecule has 1 aromatic heterocycles. The number of rotatable bonds is 2. The van der Waals surface area contributed by atoms with Crippen molar-refractivity contribution >= 4 is 34.3 Å². The second-order valence-corrected chi connectivity index (χ2v) is 8.60. The van der Waals surface area contributed by atoms with Gasteiger partial charge in [-0.25, -0.2) is 0 Å². The van der Waals surface area contributed by atoms with Gasteiger partial charge in [-0.1, -0.05) is 24.4 Å². The topological polar surface area (TPSA) is 56.4 Å². The standard InChI is InChI=1S/C21H24ClN3O2/c22-14-5-6-18-16(10-14)17-12-24(8-7-19(17)23-18)21(27)13-9-20(26)25(11-13)15-3-1-2-4-15/h5-6,10,13,15,23H,1-4,7-9,11-12H2. The molecule has 2 amide bonds. The summed E-state index contributed by atoms with van der Waals surface area (Å²) < 4.78 is 0. The molecule has 3 heterocycles. The van der Waals surface area contributed by atoms with Crippen LogP contribution in [0.1, 0.15) is 43.4 Å². The third kappa shape index (κ3) is 2.92. The van der Waals surface area contributed by atoms with Gasteiger partial charge in [-0.2, -0.15) is 0 Å². The molecule has 5 nitrogen and oxygen atoms in total. The van der Waals surface area contributed by atoms with Crippen LogP contribution in [0.4, 0.5) is 0 Å². The molecule has 1 aliphatic carbocycles. The number of halogens is 1. The van der Waals surface area contributed by atoms with Crippen LogP contribution in [0.25, 0.3) is 10.9 Å². The molecule has 1 aromatic carbocycles. The van der Waals surface area contributed by atoms with Gasteiger partial charge in [-0.05, 0) is 31.0 Å². The normalized spacial score (nSPS) is 23.4. The molecule has 6 heteroatoms. The van der Waals surface area contributed by atoms with Crippen LogP contribution in [0.3, 0.4) is 0 Å². The third-order valence-corrected chi connectivity index (χ3v) is 6.76. The molecule has 142 valence electrons. The monoisotopic (exact) mass is 385 g/mol. The van der Waals surface area contributed by atoms with Gasteiger partial charge in [-0.3, -0.25) is 9.59 Å². The van der Waals surface area contributed by atoms with Crippen molar-refractivity contribution in [1.29, 1.82) is 0 Å². The number of likely N-dealkylation sites (tertiary alicyclic amines) is 1. The number of hydrogen-bond acceptors (Lipinski definition) is 2. The Balaban J connectivity index is 1.34. The average molecular weight is 386 g/mol. The Morgan fingerprint density at radius 1 is 1.22 bits per heavy atom. The van der Waals surface area contributed by atoms with Gasteiger partial charge in [0.1, 0.15) is 0 Å². The van der Waals surface area contributed by atoms with E-state index in [9.17, 15) is 9.59 Å². The van der Waals surface area contributed by atoms with Crippen LogP contribution in [0, 0.1) is 5.92 Å². The number of carbonyl (C=O) groups excluding carboxylic acids is 2. The summed E-state index contributed by atoms with van der Waals surface area (Å²) in [6.45, 7) is 1.91. The van der Waals surface area contributed by atoms with Gasteiger partial charge in [0.25, 0.3) is 0 Å². The van der Waals surface area contributed by atoms with Gasteiger partial charge >= 0.3 is 0 Å². The van der Waals surface area contributed by atoms with Crippen molar-refractivity contribution in [3.63, 3.8) is 0 Å². The van der Waals surface area contributed by atoms with Crippen LogP contribution in [0.15, 0.2) is 18.2 Å². The number of amides is 2. The van der Waals surface area contributed by atoms with Crippen molar-refractivity contribution in [3.8, 4) is 0 Å². The third-order valence-electron chi connectivity index (χ3n) is 6.52. The molecule has 0 spiro atoms. The van der Waals surface area contributed by atoms with E-state index in [1.165, 1.54) is 24.1 Å². The SMILES string of the molecule is O=C(C1CC(=O)N(C2CCCC2)C1)N1CCc2[nH]c3ccc(Cl)cc3c2C1. The molecule has 1 N–H and O–H groups in total. The van der Waals surface area contributed by atoms with Crippen molar-refractivity contribution in [2.24, 2.45) is 5.92 Å². The Labute approximate surface area is 163 Å². The van der Waals surface area contributed by atoms with Crippen LogP contribution < -0.4 is 0 Å². The van der Waals surface area contributed by atoms with Crippen molar-refractivity contribution < 1.29 is 9.59 Å². The maximum Gasteiger partial charge on any atom is 0.228 e. The first kappa shape index (κ1) is 17.1. The molecular formula is C21H24ClN3O2. The van der Waals surface area contributed by atoms with Crippen molar-refractivity contribution in [1.82, 2.24) is 14.8 Å². The Morgan fingerprint density at radius 3 is 2.85 bits per heavy atom. The fourth-order valence-electron chi connectivity index (χ4n) is 5.10. The smallest absolute Gasteiger partial charge is 0.228 e. The average Bonchev–Trinajstić information content (AvgIpc) is 3.38. The van der Waals surface area contributed by atoms with E-state index in [1.54, 1.807) is 0 Å². The molecule has 1 saturated heterocycles. The van der Waals surface area contributed by atoms with E-state index in [-0.39, 0.29) is 17.7 Å². The number of H-pyrrole nitrogens is 1. The first-order valence-corrected chi connectivity index (χ1v) is 10.3. The first-order chi connectivity index (χ1) is 13.1. The molecule has 1 unspecified atom stereocenters. The second-order valence-electron chi connectivity index (χ2n) is 8.17. The van der Waals surface area contributed by atoms with Gasteiger partial charge < -0.3 is 14.8 Å². The summed E-state index contributed by atoms with van der Waals surface area (Å²) in [5, 5.41) is 1.81. The van der Waals surface area contributed by atoms with E-state index in [2.05, 4.69) is 4.98 Å². The first-order valence-electron chi connectivity index (χ1n) is 9.97. The van der Waals surface area contributed by atoms with Crippen LogP contribution in [-0.2, 0) is 22.6 Å². The molecular weight excluding hydrogens is 362 g/mol. The maximum absolute atomic E-state index is 13.2. The van der Waals surface area contributed by atoms with E-state index in [1.807, 2.05) is 28.0 Å². The van der Waals surface area contributed by atoms with E-state index in [0.717, 1.165) is 30.2 Å². The highest BCUT2D eigenvalue weighted by Gasteiger charge is 2.40. The number of nitrogens with one attached hydrogen (secondary N) is 1. The lowest BCUT2D eigenvalue weighted by Crippen LogP contribution is -2.41. The highest BCUT2D eigenvalue weighted by atomic mass is 35.5. The molecule has 2 aliphatic heterocycles. The minimum absolute atomic E-state index is 0.130. The molecule has 3 aliphatic rings. The molecule has 2 fully saturated rings. The van der Waals surface area contributed by atoms with Crippen LogP contribution in [0.5, 0.6) is 0 Å². The molecule has 0 radical (unpaired) electrons. The Kier molecular flexibility index (Phi) is 4.15. The van der Waals surface area contributed by atoms with Crippen molar-refractivity contribution in [3.05, 3.63) is 34.5 Å². The largest absolute Gasteiger partial charge is 0.358 e. The fraction of sp³-hybridized carbons (Fsp3) is 0.524. The number of carbonyl (C=O) groups is 2. The number of nitrogens with zero attached hydrogens (tertiary/aromatic N) is 2. The van der Waals surface area contributed by atoms with Crippen LogP contribution in [-0.4, -0.2) is 45.7 Å². The summed E-state index contributed by atoms with van der Waals surface area (Å²) in [7, 11) is 0. The summed E-state index contributed by atoms with van der Waals surface area (Å²) in [5.41, 5.74) is 3.44. The Hall–Kier alpha value is -2.01. The molecule has 5 rings (SSSR count). The van der Waals surface area contributed by atoms with Gasteiger partial charge in [0, 0.05) is 65.7 Å². The number of fused-ring (bicyclic) bond motifs is 3. The van der Waals surface area contributed by atoms with Gasteiger partial charge in [0.2, 0.25) is 11.8 Å². The minimum Gasteiger partial charge on any atom is -0.358 e. The van der Waals surface area contributed by atoms with Gasteiger partial charge in [-0.15, -0.1) is 0 Å². The van der Waals surface area contributed by atoms with E-state index >= 15 is 0 Å². The number of aromatic amines is 1. The molecule has 27 heavy (non-hydrogen) atoms. The van der Waals surface area contributed by atoms with Gasteiger partial charge in [0.05, 0.1) is 5.92 Å². The van der Waals surface area contributed by atoms with E-state index in [0.29, 0.717) is 37.1 Å². The maximum atomic E-state index is 13.2. The molecule has 1 atom stereocenters. The Morgan fingerprint density at radius 2 is 2.04 bits per heavy atom. The molecule has 1 saturated carbocycles. The lowest BCUT2D eigenvalue weighted by atomic mass is 10.0. The predicted molar refractivity (Wildman–Crippen MR) is 105 cm³/mol. The summed E-state index contributed by atoms with van der Waals surface area (Å²) in [4.78, 5) is 33.0. The van der Waals surface area contributed by atoms with E-state index < -0.39 is 0 Å². The highest BCUT2D eigenvalue weighted by molar-refractivity contribution is 6.31. The van der Waals surface area contributed by atoms with Crippen LogP contribution >= 0.6 is 11.6 Å². The van der Waals surface area contributed by atoms with Crippen LogP contribution in [0.2, 0.25) is 5.02 Å². The number of aromatic nitrogens is 1. The highest BCUT2D eigenvalue weighted by Crippen LogP contribution is 2.33. The minimum atomic E-state index is -0.187. The molecule has 0 bridgehead atoms. The summed E-state index contributed by atoms with van der Waals surface area (Å²) in [5.74, 6) is 0.108. The fourth-order valence-corrected chi connectivity index (χ4v) is 5.27. The molecule has 2 aromatic rings.